The van der Waals surface area contributed by atoms with Gasteiger partial charge < -0.3 is 14.8 Å². The van der Waals surface area contributed by atoms with Gasteiger partial charge >= 0.3 is 5.97 Å². The molecule has 3 aromatic carbocycles. The molecule has 0 saturated carbocycles. The Bertz CT molecular complexity index is 1500. The standard InChI is InChI=1S/C26H19Cl2N3O5S/c1-35-20-12-15(13-30-31-22(32)14-29-25(33)16-7-9-17(27)10-8-16)6-11-19(20)36-26(34)24-23(28)18-4-2-3-5-21(18)37-24/h2-13H,14H2,1H3,(H,29,33)(H,31,32)/b30-13-. The third-order valence-corrected chi connectivity index (χ3v) is 6.94. The molecule has 4 aromatic rings. The van der Waals surface area contributed by atoms with Crippen LogP contribution in [0.1, 0.15) is 25.6 Å². The van der Waals surface area contributed by atoms with Gasteiger partial charge in [0.15, 0.2) is 11.5 Å². The van der Waals surface area contributed by atoms with Crippen LogP contribution in [-0.4, -0.2) is 37.7 Å². The van der Waals surface area contributed by atoms with Crippen molar-refractivity contribution in [1.82, 2.24) is 10.7 Å². The molecule has 0 aliphatic carbocycles. The number of hydrogen-bond acceptors (Lipinski definition) is 7. The molecule has 2 amide bonds. The Morgan fingerprint density at radius 2 is 1.76 bits per heavy atom. The smallest absolute Gasteiger partial charge is 0.355 e. The molecule has 0 radical (unpaired) electrons. The summed E-state index contributed by atoms with van der Waals surface area (Å²) in [4.78, 5) is 37.1. The maximum Gasteiger partial charge on any atom is 0.355 e. The Labute approximate surface area is 225 Å². The fraction of sp³-hybridized carbons (Fsp3) is 0.0769. The molecule has 0 aliphatic heterocycles. The topological polar surface area (TPSA) is 106 Å². The van der Waals surface area contributed by atoms with E-state index in [9.17, 15) is 14.4 Å². The summed E-state index contributed by atoms with van der Waals surface area (Å²) in [5.74, 6) is -1.04. The zero-order valence-electron chi connectivity index (χ0n) is 19.3. The summed E-state index contributed by atoms with van der Waals surface area (Å²) in [5.41, 5.74) is 3.28. The van der Waals surface area contributed by atoms with Crippen LogP contribution >= 0.6 is 34.5 Å². The summed E-state index contributed by atoms with van der Waals surface area (Å²) in [7, 11) is 1.44. The highest BCUT2D eigenvalue weighted by atomic mass is 35.5. The molecule has 0 spiro atoms. The summed E-state index contributed by atoms with van der Waals surface area (Å²) in [5, 5.41) is 8.00. The van der Waals surface area contributed by atoms with Crippen LogP contribution in [0.15, 0.2) is 71.8 Å². The molecule has 1 aromatic heterocycles. The first kappa shape index (κ1) is 26.2. The number of hydrazone groups is 1. The lowest BCUT2D eigenvalue weighted by atomic mass is 10.2. The molecule has 0 unspecified atom stereocenters. The molecule has 0 bridgehead atoms. The molecule has 8 nitrogen and oxygen atoms in total. The van der Waals surface area contributed by atoms with Crippen molar-refractivity contribution in [2.24, 2.45) is 5.10 Å². The highest BCUT2D eigenvalue weighted by molar-refractivity contribution is 7.21. The van der Waals surface area contributed by atoms with Crippen molar-refractivity contribution < 1.29 is 23.9 Å². The molecule has 0 saturated heterocycles. The van der Waals surface area contributed by atoms with Crippen LogP contribution in [0.2, 0.25) is 10.0 Å². The van der Waals surface area contributed by atoms with Gasteiger partial charge in [-0.25, -0.2) is 10.2 Å². The molecule has 0 fully saturated rings. The number of rotatable bonds is 8. The van der Waals surface area contributed by atoms with E-state index in [-0.39, 0.29) is 18.0 Å². The number of benzene rings is 3. The number of nitrogens with zero attached hydrogens (tertiary/aromatic N) is 1. The molecule has 11 heteroatoms. The number of carbonyl (C=O) groups excluding carboxylic acids is 3. The summed E-state index contributed by atoms with van der Waals surface area (Å²) in [6.45, 7) is -0.267. The normalized spacial score (nSPS) is 10.9. The van der Waals surface area contributed by atoms with E-state index in [4.69, 9.17) is 32.7 Å². The first-order valence-electron chi connectivity index (χ1n) is 10.8. The minimum Gasteiger partial charge on any atom is -0.493 e. The molecule has 188 valence electrons. The number of ether oxygens (including phenoxy) is 2. The van der Waals surface area contributed by atoms with E-state index in [1.807, 2.05) is 24.3 Å². The quantitative estimate of drug-likeness (QED) is 0.132. The SMILES string of the molecule is COc1cc(/C=N\NC(=O)CNC(=O)c2ccc(Cl)cc2)ccc1OC(=O)c1sc2ccccc2c1Cl. The largest absolute Gasteiger partial charge is 0.493 e. The number of amides is 2. The second kappa shape index (κ2) is 11.9. The van der Waals surface area contributed by atoms with E-state index >= 15 is 0 Å². The molecule has 4 rings (SSSR count). The van der Waals surface area contributed by atoms with Gasteiger partial charge in [-0.2, -0.15) is 5.10 Å². The third-order valence-electron chi connectivity index (χ3n) is 5.03. The summed E-state index contributed by atoms with van der Waals surface area (Å²) < 4.78 is 11.7. The number of fused-ring (bicyclic) bond motifs is 1. The van der Waals surface area contributed by atoms with Crippen LogP contribution in [0.25, 0.3) is 10.1 Å². The lowest BCUT2D eigenvalue weighted by molar-refractivity contribution is -0.120. The van der Waals surface area contributed by atoms with Crippen molar-refractivity contribution in [1.29, 1.82) is 0 Å². The Hall–Kier alpha value is -3.92. The molecule has 2 N–H and O–H groups in total. The van der Waals surface area contributed by atoms with Gasteiger partial charge in [-0.3, -0.25) is 9.59 Å². The van der Waals surface area contributed by atoms with Gasteiger partial charge in [-0.05, 0) is 54.1 Å². The molecule has 37 heavy (non-hydrogen) atoms. The number of halogens is 2. The zero-order chi connectivity index (χ0) is 26.4. The van der Waals surface area contributed by atoms with Gasteiger partial charge in [0.05, 0.1) is 24.9 Å². The number of thiophene rings is 1. The predicted molar refractivity (Wildman–Crippen MR) is 144 cm³/mol. The number of esters is 1. The molecule has 0 atom stereocenters. The molecular formula is C26H19Cl2N3O5S. The van der Waals surface area contributed by atoms with Gasteiger partial charge in [0, 0.05) is 20.7 Å². The number of carbonyl (C=O) groups is 3. The van der Waals surface area contributed by atoms with E-state index < -0.39 is 17.8 Å². The third kappa shape index (κ3) is 6.45. The Kier molecular flexibility index (Phi) is 8.39. The van der Waals surface area contributed by atoms with E-state index in [1.54, 1.807) is 42.5 Å². The maximum atomic E-state index is 12.8. The fourth-order valence-corrected chi connectivity index (χ4v) is 4.73. The Morgan fingerprint density at radius 3 is 2.49 bits per heavy atom. The van der Waals surface area contributed by atoms with E-state index in [1.165, 1.54) is 24.7 Å². The van der Waals surface area contributed by atoms with Crippen LogP contribution in [0.3, 0.4) is 0 Å². The van der Waals surface area contributed by atoms with Gasteiger partial charge in [0.1, 0.15) is 4.88 Å². The van der Waals surface area contributed by atoms with Crippen molar-refractivity contribution >= 4 is 68.6 Å². The number of nitrogens with one attached hydrogen (secondary N) is 2. The Morgan fingerprint density at radius 1 is 1.00 bits per heavy atom. The van der Waals surface area contributed by atoms with Crippen molar-refractivity contribution in [3.8, 4) is 11.5 Å². The highest BCUT2D eigenvalue weighted by Gasteiger charge is 2.20. The van der Waals surface area contributed by atoms with E-state index in [0.29, 0.717) is 26.0 Å². The monoisotopic (exact) mass is 555 g/mol. The van der Waals surface area contributed by atoms with E-state index in [0.717, 1.165) is 10.1 Å². The minimum absolute atomic E-state index is 0.201. The van der Waals surface area contributed by atoms with Crippen molar-refractivity contribution in [3.63, 3.8) is 0 Å². The summed E-state index contributed by atoms with van der Waals surface area (Å²) >= 11 is 13.4. The Balaban J connectivity index is 1.34. The van der Waals surface area contributed by atoms with Crippen LogP contribution in [0, 0.1) is 0 Å². The molecule has 1 heterocycles. The summed E-state index contributed by atoms with van der Waals surface area (Å²) in [6.07, 6.45) is 1.38. The minimum atomic E-state index is -0.598. The second-order valence-electron chi connectivity index (χ2n) is 7.52. The van der Waals surface area contributed by atoms with Crippen molar-refractivity contribution in [2.45, 2.75) is 0 Å². The number of methoxy groups -OCH3 is 1. The van der Waals surface area contributed by atoms with Gasteiger partial charge in [0.2, 0.25) is 0 Å². The average molecular weight is 556 g/mol. The summed E-state index contributed by atoms with van der Waals surface area (Å²) in [6, 6.07) is 18.5. The highest BCUT2D eigenvalue weighted by Crippen LogP contribution is 2.37. The van der Waals surface area contributed by atoms with Crippen molar-refractivity contribution in [3.05, 3.63) is 92.8 Å². The predicted octanol–water partition coefficient (Wildman–Crippen LogP) is 5.32. The lowest BCUT2D eigenvalue weighted by Gasteiger charge is -2.09. The van der Waals surface area contributed by atoms with Gasteiger partial charge in [0.25, 0.3) is 11.8 Å². The van der Waals surface area contributed by atoms with Crippen LogP contribution in [0.5, 0.6) is 11.5 Å². The first-order chi connectivity index (χ1) is 17.9. The number of hydrogen-bond donors (Lipinski definition) is 2. The molecule has 0 aliphatic rings. The fourth-order valence-electron chi connectivity index (χ4n) is 3.22. The first-order valence-corrected chi connectivity index (χ1v) is 12.4. The second-order valence-corrected chi connectivity index (χ2v) is 9.39. The van der Waals surface area contributed by atoms with Gasteiger partial charge in [-0.1, -0.05) is 41.4 Å². The van der Waals surface area contributed by atoms with Crippen LogP contribution < -0.4 is 20.2 Å². The lowest BCUT2D eigenvalue weighted by Crippen LogP contribution is -2.34. The van der Waals surface area contributed by atoms with Crippen LogP contribution in [0.4, 0.5) is 0 Å². The van der Waals surface area contributed by atoms with E-state index in [2.05, 4.69) is 15.8 Å². The molecular weight excluding hydrogens is 537 g/mol. The van der Waals surface area contributed by atoms with Crippen molar-refractivity contribution in [2.75, 3.05) is 13.7 Å². The van der Waals surface area contributed by atoms with Gasteiger partial charge in [-0.15, -0.1) is 11.3 Å². The maximum absolute atomic E-state index is 12.8. The van der Waals surface area contributed by atoms with Crippen LogP contribution in [-0.2, 0) is 4.79 Å². The zero-order valence-corrected chi connectivity index (χ0v) is 21.6. The average Bonchev–Trinajstić information content (AvgIpc) is 3.25.